The molecule has 1 aliphatic carbocycles. The van der Waals surface area contributed by atoms with Gasteiger partial charge in [-0.25, -0.2) is 0 Å². The van der Waals surface area contributed by atoms with Gasteiger partial charge in [-0.2, -0.15) is 0 Å². The number of likely N-dealkylation sites (tertiary alicyclic amines) is 2. The highest BCUT2D eigenvalue weighted by Crippen LogP contribution is 2.31. The molecule has 3 fully saturated rings. The summed E-state index contributed by atoms with van der Waals surface area (Å²) >= 11 is 0. The van der Waals surface area contributed by atoms with Crippen LogP contribution in [0.15, 0.2) is 10.6 Å². The molecule has 0 spiro atoms. The van der Waals surface area contributed by atoms with Crippen molar-refractivity contribution in [2.24, 2.45) is 17.8 Å². The Kier molecular flexibility index (Phi) is 5.21. The molecule has 0 aromatic carbocycles. The Hall–Kier alpha value is -1.89. The molecular formula is C20H29N3O4. The summed E-state index contributed by atoms with van der Waals surface area (Å²) in [5, 5.41) is 14.3. The summed E-state index contributed by atoms with van der Waals surface area (Å²) in [4.78, 5) is 29.0. The summed E-state index contributed by atoms with van der Waals surface area (Å²) in [6.45, 7) is 4.18. The van der Waals surface area contributed by atoms with E-state index in [-0.39, 0.29) is 29.6 Å². The summed E-state index contributed by atoms with van der Waals surface area (Å²) in [5.74, 6) is 1.35. The standard InChI is InChI=1S/C20H29N3O4/c1-13-9-17(27-21-13)10-16-11-23(12-18(16)24)20(26)15-5-7-22(8-6-15)19(25)14-3-2-4-14/h9,14-16,18,24H,2-8,10-12H2,1H3/t16-,18+/m1/s1. The Morgan fingerprint density at radius 1 is 1.11 bits per heavy atom. The zero-order valence-electron chi connectivity index (χ0n) is 16.0. The zero-order valence-corrected chi connectivity index (χ0v) is 16.0. The highest BCUT2D eigenvalue weighted by Gasteiger charge is 2.39. The number of aromatic nitrogens is 1. The maximum absolute atomic E-state index is 12.9. The number of β-amino-alcohol motifs (C(OH)–C–C–N with tert-alkyl or cyclic N) is 1. The van der Waals surface area contributed by atoms with Gasteiger partial charge < -0.3 is 19.4 Å². The van der Waals surface area contributed by atoms with E-state index in [1.54, 1.807) is 4.90 Å². The van der Waals surface area contributed by atoms with E-state index in [0.29, 0.717) is 32.6 Å². The number of hydrogen-bond acceptors (Lipinski definition) is 5. The molecule has 0 unspecified atom stereocenters. The lowest BCUT2D eigenvalue weighted by atomic mass is 9.83. The summed E-state index contributed by atoms with van der Waals surface area (Å²) in [6.07, 6.45) is 4.74. The molecular weight excluding hydrogens is 346 g/mol. The highest BCUT2D eigenvalue weighted by atomic mass is 16.5. The second kappa shape index (κ2) is 7.62. The fourth-order valence-corrected chi connectivity index (χ4v) is 4.52. The Bertz CT molecular complexity index is 691. The number of hydrogen-bond donors (Lipinski definition) is 1. The first-order chi connectivity index (χ1) is 13.0. The number of carbonyl (C=O) groups excluding carboxylic acids is 2. The molecule has 2 saturated heterocycles. The van der Waals surface area contributed by atoms with Crippen LogP contribution in [-0.2, 0) is 16.0 Å². The van der Waals surface area contributed by atoms with Crippen molar-refractivity contribution in [3.05, 3.63) is 17.5 Å². The molecule has 4 rings (SSSR count). The molecule has 7 heteroatoms. The molecule has 3 aliphatic rings. The van der Waals surface area contributed by atoms with E-state index in [4.69, 9.17) is 4.52 Å². The van der Waals surface area contributed by atoms with Gasteiger partial charge in [0, 0.05) is 56.4 Å². The van der Waals surface area contributed by atoms with Gasteiger partial charge in [0.2, 0.25) is 11.8 Å². The van der Waals surface area contributed by atoms with Gasteiger partial charge in [0.05, 0.1) is 11.8 Å². The van der Waals surface area contributed by atoms with E-state index in [0.717, 1.165) is 43.6 Å². The van der Waals surface area contributed by atoms with Crippen LogP contribution in [0.4, 0.5) is 0 Å². The molecule has 1 saturated carbocycles. The average Bonchev–Trinajstić information content (AvgIpc) is 3.19. The maximum Gasteiger partial charge on any atom is 0.225 e. The summed E-state index contributed by atoms with van der Waals surface area (Å²) < 4.78 is 5.25. The van der Waals surface area contributed by atoms with Crippen molar-refractivity contribution in [2.45, 2.75) is 51.6 Å². The van der Waals surface area contributed by atoms with Crippen molar-refractivity contribution < 1.29 is 19.2 Å². The quantitative estimate of drug-likeness (QED) is 0.859. The van der Waals surface area contributed by atoms with Crippen LogP contribution >= 0.6 is 0 Å². The minimum Gasteiger partial charge on any atom is -0.391 e. The minimum atomic E-state index is -0.528. The van der Waals surface area contributed by atoms with E-state index < -0.39 is 6.10 Å². The van der Waals surface area contributed by atoms with Crippen LogP contribution in [0.1, 0.15) is 43.6 Å². The van der Waals surface area contributed by atoms with Gasteiger partial charge in [0.15, 0.2) is 0 Å². The van der Waals surface area contributed by atoms with Crippen molar-refractivity contribution in [1.29, 1.82) is 0 Å². The minimum absolute atomic E-state index is 0.0124. The Balaban J connectivity index is 1.28. The van der Waals surface area contributed by atoms with Crippen molar-refractivity contribution in [1.82, 2.24) is 15.0 Å². The lowest BCUT2D eigenvalue weighted by Crippen LogP contribution is -2.46. The Morgan fingerprint density at radius 3 is 2.37 bits per heavy atom. The fraction of sp³-hybridized carbons (Fsp3) is 0.750. The van der Waals surface area contributed by atoms with Crippen LogP contribution in [0.25, 0.3) is 0 Å². The zero-order chi connectivity index (χ0) is 19.0. The number of aryl methyl sites for hydroxylation is 1. The topological polar surface area (TPSA) is 86.9 Å². The number of rotatable bonds is 4. The van der Waals surface area contributed by atoms with Gasteiger partial charge in [-0.05, 0) is 32.6 Å². The molecule has 2 aliphatic heterocycles. The predicted molar refractivity (Wildman–Crippen MR) is 97.7 cm³/mol. The first-order valence-corrected chi connectivity index (χ1v) is 10.2. The monoisotopic (exact) mass is 375 g/mol. The lowest BCUT2D eigenvalue weighted by molar-refractivity contribution is -0.143. The van der Waals surface area contributed by atoms with Gasteiger partial charge in [-0.1, -0.05) is 11.6 Å². The van der Waals surface area contributed by atoms with Crippen molar-refractivity contribution in [3.8, 4) is 0 Å². The van der Waals surface area contributed by atoms with E-state index in [1.165, 1.54) is 0 Å². The van der Waals surface area contributed by atoms with Gasteiger partial charge in [0.25, 0.3) is 0 Å². The summed E-state index contributed by atoms with van der Waals surface area (Å²) in [5.41, 5.74) is 0.827. The molecule has 2 amide bonds. The molecule has 7 nitrogen and oxygen atoms in total. The second-order valence-electron chi connectivity index (χ2n) is 8.44. The molecule has 148 valence electrons. The molecule has 2 atom stereocenters. The van der Waals surface area contributed by atoms with Crippen molar-refractivity contribution in [3.63, 3.8) is 0 Å². The Morgan fingerprint density at radius 2 is 1.78 bits per heavy atom. The van der Waals surface area contributed by atoms with Gasteiger partial charge in [-0.15, -0.1) is 0 Å². The first-order valence-electron chi connectivity index (χ1n) is 10.2. The van der Waals surface area contributed by atoms with E-state index in [9.17, 15) is 14.7 Å². The summed E-state index contributed by atoms with van der Waals surface area (Å²) in [7, 11) is 0. The van der Waals surface area contributed by atoms with Gasteiger partial charge >= 0.3 is 0 Å². The van der Waals surface area contributed by atoms with Gasteiger partial charge in [-0.3, -0.25) is 9.59 Å². The third-order valence-electron chi connectivity index (χ3n) is 6.47. The van der Waals surface area contributed by atoms with Crippen molar-refractivity contribution in [2.75, 3.05) is 26.2 Å². The van der Waals surface area contributed by atoms with E-state index in [2.05, 4.69) is 5.16 Å². The first kappa shape index (κ1) is 18.5. The predicted octanol–water partition coefficient (Wildman–Crippen LogP) is 1.38. The summed E-state index contributed by atoms with van der Waals surface area (Å²) in [6, 6.07) is 1.88. The van der Waals surface area contributed by atoms with Gasteiger partial charge in [0.1, 0.15) is 5.76 Å². The van der Waals surface area contributed by atoms with Crippen LogP contribution in [0, 0.1) is 24.7 Å². The van der Waals surface area contributed by atoms with E-state index >= 15 is 0 Å². The molecule has 1 aromatic heterocycles. The molecule has 0 radical (unpaired) electrons. The number of aliphatic hydroxyl groups is 1. The van der Waals surface area contributed by atoms with Crippen LogP contribution in [-0.4, -0.2) is 64.2 Å². The number of piperidine rings is 1. The highest BCUT2D eigenvalue weighted by molar-refractivity contribution is 5.81. The van der Waals surface area contributed by atoms with Crippen LogP contribution in [0.2, 0.25) is 0 Å². The lowest BCUT2D eigenvalue weighted by Gasteiger charge is -2.37. The number of nitrogens with zero attached hydrogens (tertiary/aromatic N) is 3. The number of amides is 2. The maximum atomic E-state index is 12.9. The molecule has 1 N–H and O–H groups in total. The number of carbonyl (C=O) groups is 2. The van der Waals surface area contributed by atoms with Crippen LogP contribution in [0.3, 0.4) is 0 Å². The average molecular weight is 375 g/mol. The molecule has 27 heavy (non-hydrogen) atoms. The number of aliphatic hydroxyl groups excluding tert-OH is 1. The largest absolute Gasteiger partial charge is 0.391 e. The van der Waals surface area contributed by atoms with Crippen molar-refractivity contribution >= 4 is 11.8 Å². The molecule has 0 bridgehead atoms. The van der Waals surface area contributed by atoms with E-state index in [1.807, 2.05) is 17.9 Å². The molecule has 3 heterocycles. The third kappa shape index (κ3) is 3.88. The molecule has 1 aromatic rings. The normalized spacial score (nSPS) is 27.0. The smallest absolute Gasteiger partial charge is 0.225 e. The third-order valence-corrected chi connectivity index (χ3v) is 6.47. The Labute approximate surface area is 159 Å². The SMILES string of the molecule is Cc1cc(C[C@@H]2CN(C(=O)C3CCN(C(=O)C4CCC4)CC3)C[C@@H]2O)on1. The van der Waals surface area contributed by atoms with Crippen LogP contribution in [0.5, 0.6) is 0 Å². The second-order valence-corrected chi connectivity index (χ2v) is 8.44. The van der Waals surface area contributed by atoms with Crippen LogP contribution < -0.4 is 0 Å². The fourth-order valence-electron chi connectivity index (χ4n) is 4.52.